The van der Waals surface area contributed by atoms with Gasteiger partial charge in [0.1, 0.15) is 18.1 Å². The fourth-order valence-corrected chi connectivity index (χ4v) is 4.77. The van der Waals surface area contributed by atoms with Gasteiger partial charge in [0.15, 0.2) is 0 Å². The normalized spacial score (nSPS) is 35.0. The summed E-state index contributed by atoms with van der Waals surface area (Å²) < 4.78 is 0. The van der Waals surface area contributed by atoms with Crippen LogP contribution in [0.4, 0.5) is 0 Å². The van der Waals surface area contributed by atoms with Crippen LogP contribution in [0.1, 0.15) is 58.8 Å². The number of amides is 2. The lowest BCUT2D eigenvalue weighted by Crippen LogP contribution is -2.66. The van der Waals surface area contributed by atoms with Crippen LogP contribution in [-0.2, 0) is 14.4 Å². The summed E-state index contributed by atoms with van der Waals surface area (Å²) in [6, 6.07) is -1.82. The predicted octanol–water partition coefficient (Wildman–Crippen LogP) is 1.63. The lowest BCUT2D eigenvalue weighted by atomic mass is 9.85. The maximum atomic E-state index is 13.0. The second-order valence-corrected chi connectivity index (χ2v) is 7.17. The van der Waals surface area contributed by atoms with Crippen LogP contribution in [0.3, 0.4) is 0 Å². The number of carbonyl (C=O) groups excluding carboxylic acids is 2. The van der Waals surface area contributed by atoms with E-state index in [4.69, 9.17) is 0 Å². The molecule has 0 bridgehead atoms. The largest absolute Gasteiger partial charge is 0.480 e. The summed E-state index contributed by atoms with van der Waals surface area (Å²) in [5, 5.41) is 9.51. The number of hydrogen-bond acceptors (Lipinski definition) is 3. The lowest BCUT2D eigenvalue weighted by Gasteiger charge is -2.45. The van der Waals surface area contributed by atoms with Gasteiger partial charge in [0.05, 0.1) is 0 Å². The molecule has 2 saturated heterocycles. The Bertz CT molecular complexity index is 521. The minimum atomic E-state index is -1.01. The van der Waals surface area contributed by atoms with Crippen molar-refractivity contribution in [1.29, 1.82) is 0 Å². The number of nitrogens with zero attached hydrogens (tertiary/aromatic N) is 2. The van der Waals surface area contributed by atoms with Crippen LogP contribution in [0.25, 0.3) is 0 Å². The van der Waals surface area contributed by atoms with Gasteiger partial charge in [-0.1, -0.05) is 26.2 Å². The van der Waals surface area contributed by atoms with Crippen LogP contribution in [0.2, 0.25) is 0 Å². The predicted molar refractivity (Wildman–Crippen MR) is 83.6 cm³/mol. The van der Waals surface area contributed by atoms with E-state index in [2.05, 4.69) is 0 Å². The summed E-state index contributed by atoms with van der Waals surface area (Å²) in [4.78, 5) is 40.7. The van der Waals surface area contributed by atoms with Gasteiger partial charge in [-0.05, 0) is 38.5 Å². The van der Waals surface area contributed by atoms with Crippen LogP contribution in [0.15, 0.2) is 0 Å². The fraction of sp³-hybridized carbons (Fsp3) is 0.824. The lowest BCUT2D eigenvalue weighted by molar-refractivity contribution is -0.168. The van der Waals surface area contributed by atoms with Crippen molar-refractivity contribution >= 4 is 17.8 Å². The highest BCUT2D eigenvalue weighted by Crippen LogP contribution is 2.43. The molecule has 0 aromatic rings. The molecule has 3 fully saturated rings. The van der Waals surface area contributed by atoms with Crippen molar-refractivity contribution in [1.82, 2.24) is 9.80 Å². The second-order valence-electron chi connectivity index (χ2n) is 7.17. The molecule has 3 rings (SSSR count). The number of rotatable bonds is 4. The van der Waals surface area contributed by atoms with E-state index in [0.717, 1.165) is 25.7 Å². The summed E-state index contributed by atoms with van der Waals surface area (Å²) in [6.07, 6.45) is 6.08. The third-order valence-corrected chi connectivity index (χ3v) is 5.84. The number of carbonyl (C=O) groups is 3. The first kappa shape index (κ1) is 16.3. The Morgan fingerprint density at radius 3 is 2.61 bits per heavy atom. The van der Waals surface area contributed by atoms with Gasteiger partial charge >= 0.3 is 5.97 Å². The summed E-state index contributed by atoms with van der Waals surface area (Å²) >= 11 is 0. The summed E-state index contributed by atoms with van der Waals surface area (Å²) in [7, 11) is 0. The molecule has 0 aromatic heterocycles. The van der Waals surface area contributed by atoms with Gasteiger partial charge in [0, 0.05) is 6.04 Å². The molecule has 128 valence electrons. The summed E-state index contributed by atoms with van der Waals surface area (Å²) in [5.41, 5.74) is 0. The molecular formula is C17H26N2O4. The number of fused-ring (bicyclic) bond motifs is 3. The van der Waals surface area contributed by atoms with Crippen molar-refractivity contribution in [3.8, 4) is 0 Å². The molecule has 6 heteroatoms. The maximum Gasteiger partial charge on any atom is 0.326 e. The zero-order chi connectivity index (χ0) is 16.7. The molecule has 3 aliphatic rings. The first-order valence-electron chi connectivity index (χ1n) is 8.84. The van der Waals surface area contributed by atoms with Gasteiger partial charge in [-0.2, -0.15) is 0 Å². The SMILES string of the molecule is CCCC(C(=O)O)N1C(=O)[C@H]2C[C@@H]3CCCC[C@@H]3N2C(=O)[C@@H]1C. The topological polar surface area (TPSA) is 77.9 Å². The van der Waals surface area contributed by atoms with E-state index in [1.54, 1.807) is 11.8 Å². The van der Waals surface area contributed by atoms with Crippen molar-refractivity contribution in [2.75, 3.05) is 0 Å². The average molecular weight is 322 g/mol. The molecule has 2 heterocycles. The minimum absolute atomic E-state index is 0.0636. The van der Waals surface area contributed by atoms with E-state index < -0.39 is 24.1 Å². The van der Waals surface area contributed by atoms with Gasteiger partial charge < -0.3 is 14.9 Å². The van der Waals surface area contributed by atoms with E-state index in [1.807, 2.05) is 6.92 Å². The van der Waals surface area contributed by atoms with E-state index in [0.29, 0.717) is 25.2 Å². The highest BCUT2D eigenvalue weighted by molar-refractivity contribution is 5.99. The zero-order valence-electron chi connectivity index (χ0n) is 13.9. The molecule has 2 amide bonds. The molecule has 0 aromatic carbocycles. The van der Waals surface area contributed by atoms with Gasteiger partial charge in [-0.25, -0.2) is 4.79 Å². The molecule has 2 aliphatic heterocycles. The van der Waals surface area contributed by atoms with Crippen LogP contribution in [-0.4, -0.2) is 56.9 Å². The molecule has 0 spiro atoms. The quantitative estimate of drug-likeness (QED) is 0.853. The highest BCUT2D eigenvalue weighted by Gasteiger charge is 2.55. The molecule has 1 saturated carbocycles. The Balaban J connectivity index is 1.90. The minimum Gasteiger partial charge on any atom is -0.480 e. The Kier molecular flexibility index (Phi) is 4.34. The molecular weight excluding hydrogens is 296 g/mol. The van der Waals surface area contributed by atoms with Crippen molar-refractivity contribution in [3.05, 3.63) is 0 Å². The third kappa shape index (κ3) is 2.52. The number of piperazine rings is 1. The Morgan fingerprint density at radius 2 is 1.96 bits per heavy atom. The molecule has 23 heavy (non-hydrogen) atoms. The van der Waals surface area contributed by atoms with E-state index in [9.17, 15) is 19.5 Å². The summed E-state index contributed by atoms with van der Waals surface area (Å²) in [6.45, 7) is 3.57. The zero-order valence-corrected chi connectivity index (χ0v) is 13.9. The van der Waals surface area contributed by atoms with E-state index in [1.165, 1.54) is 4.90 Å². The first-order chi connectivity index (χ1) is 11.0. The highest BCUT2D eigenvalue weighted by atomic mass is 16.4. The number of carboxylic acid groups (broad SMARTS) is 1. The van der Waals surface area contributed by atoms with Crippen molar-refractivity contribution < 1.29 is 19.5 Å². The second kappa shape index (κ2) is 6.13. The van der Waals surface area contributed by atoms with Crippen LogP contribution >= 0.6 is 0 Å². The first-order valence-corrected chi connectivity index (χ1v) is 8.84. The molecule has 6 nitrogen and oxygen atoms in total. The monoisotopic (exact) mass is 322 g/mol. The molecule has 1 N–H and O–H groups in total. The average Bonchev–Trinajstić information content (AvgIpc) is 2.91. The Morgan fingerprint density at radius 1 is 1.26 bits per heavy atom. The van der Waals surface area contributed by atoms with Crippen LogP contribution in [0, 0.1) is 5.92 Å². The number of hydrogen-bond donors (Lipinski definition) is 1. The Labute approximate surface area is 136 Å². The fourth-order valence-electron chi connectivity index (χ4n) is 4.77. The van der Waals surface area contributed by atoms with Crippen molar-refractivity contribution in [2.45, 2.75) is 83.0 Å². The molecule has 1 unspecified atom stereocenters. The standard InChI is InChI=1S/C17H26N2O4/c1-3-6-13(17(22)23)18-10(2)15(20)19-12-8-5-4-7-11(12)9-14(19)16(18)21/h10-14H,3-9H2,1-2H3,(H,22,23)/t10-,11-,12-,13?,14+/m0/s1. The van der Waals surface area contributed by atoms with Gasteiger partial charge in [-0.3, -0.25) is 9.59 Å². The van der Waals surface area contributed by atoms with Crippen LogP contribution in [0.5, 0.6) is 0 Å². The smallest absolute Gasteiger partial charge is 0.326 e. The summed E-state index contributed by atoms with van der Waals surface area (Å²) in [5.74, 6) is -0.828. The third-order valence-electron chi connectivity index (χ3n) is 5.84. The van der Waals surface area contributed by atoms with Crippen LogP contribution < -0.4 is 0 Å². The van der Waals surface area contributed by atoms with E-state index in [-0.39, 0.29) is 17.9 Å². The van der Waals surface area contributed by atoms with Gasteiger partial charge in [-0.15, -0.1) is 0 Å². The Hall–Kier alpha value is -1.59. The van der Waals surface area contributed by atoms with Crippen molar-refractivity contribution in [3.63, 3.8) is 0 Å². The van der Waals surface area contributed by atoms with Gasteiger partial charge in [0.2, 0.25) is 11.8 Å². The maximum absolute atomic E-state index is 13.0. The number of aliphatic carboxylic acids is 1. The van der Waals surface area contributed by atoms with Gasteiger partial charge in [0.25, 0.3) is 0 Å². The molecule has 5 atom stereocenters. The molecule has 0 radical (unpaired) electrons. The number of carboxylic acids is 1. The van der Waals surface area contributed by atoms with Crippen molar-refractivity contribution in [2.24, 2.45) is 5.92 Å². The molecule has 1 aliphatic carbocycles. The van der Waals surface area contributed by atoms with E-state index >= 15 is 0 Å².